The van der Waals surface area contributed by atoms with Gasteiger partial charge in [0.1, 0.15) is 0 Å². The molecule has 2 nitrogen and oxygen atoms in total. The van der Waals surface area contributed by atoms with E-state index in [1.807, 2.05) is 12.1 Å². The Kier molecular flexibility index (Phi) is 3.92. The van der Waals surface area contributed by atoms with Crippen molar-refractivity contribution in [2.24, 2.45) is 5.92 Å². The summed E-state index contributed by atoms with van der Waals surface area (Å²) in [5.41, 5.74) is 0.656. The number of hydrogen-bond acceptors (Lipinski definition) is 2. The summed E-state index contributed by atoms with van der Waals surface area (Å²) >= 11 is 7.60. The molecule has 2 rings (SSSR count). The average molecular weight is 300 g/mol. The molecule has 1 aliphatic carbocycles. The molecule has 1 saturated carbocycles. The van der Waals surface area contributed by atoms with Gasteiger partial charge in [0, 0.05) is 15.9 Å². The van der Waals surface area contributed by atoms with Crippen LogP contribution in [0.5, 0.6) is 0 Å². The molecule has 1 fully saturated rings. The van der Waals surface area contributed by atoms with Crippen molar-refractivity contribution < 1.29 is 4.79 Å². The Hall–Kier alpha value is -0.480. The minimum atomic E-state index is -0.0246. The Morgan fingerprint density at radius 3 is 2.94 bits per heavy atom. The van der Waals surface area contributed by atoms with Crippen LogP contribution in [0.1, 0.15) is 29.6 Å². The van der Waals surface area contributed by atoms with Crippen LogP contribution < -0.4 is 5.32 Å². The van der Waals surface area contributed by atoms with Crippen LogP contribution in [-0.2, 0) is 0 Å². The van der Waals surface area contributed by atoms with Crippen molar-refractivity contribution in [2.45, 2.75) is 24.2 Å². The number of amides is 1. The fraction of sp³-hybridized carbons (Fsp3) is 0.417. The number of halogens is 1. The normalized spacial score (nSPS) is 14.9. The van der Waals surface area contributed by atoms with Crippen molar-refractivity contribution in [3.05, 3.63) is 28.2 Å². The highest BCUT2D eigenvalue weighted by Crippen LogP contribution is 2.31. The Morgan fingerprint density at radius 2 is 2.25 bits per heavy atom. The molecule has 1 aromatic rings. The molecular formula is C12H14BrNOS. The Bertz CT molecular complexity index is 404. The summed E-state index contributed by atoms with van der Waals surface area (Å²) in [4.78, 5) is 12.6. The topological polar surface area (TPSA) is 29.1 Å². The third kappa shape index (κ3) is 3.25. The molecule has 0 unspecified atom stereocenters. The molecule has 0 atom stereocenters. The van der Waals surface area contributed by atoms with Crippen molar-refractivity contribution in [3.8, 4) is 0 Å². The predicted octanol–water partition coefficient (Wildman–Crippen LogP) is 3.27. The lowest BCUT2D eigenvalue weighted by Gasteiger charge is -2.07. The molecule has 0 aromatic heterocycles. The molecule has 1 amide bonds. The lowest BCUT2D eigenvalue weighted by Crippen LogP contribution is -2.25. The van der Waals surface area contributed by atoms with Crippen LogP contribution in [0.4, 0.5) is 0 Å². The van der Waals surface area contributed by atoms with E-state index in [0.717, 1.165) is 28.3 Å². The lowest BCUT2D eigenvalue weighted by molar-refractivity contribution is 0.0951. The fourth-order valence-electron chi connectivity index (χ4n) is 1.58. The minimum Gasteiger partial charge on any atom is -0.352 e. The molecule has 0 radical (unpaired) electrons. The SMILES string of the molecule is O=C(NCCC1CC1)c1cc(S)ccc1Br. The largest absolute Gasteiger partial charge is 0.352 e. The second kappa shape index (κ2) is 5.23. The van der Waals surface area contributed by atoms with E-state index in [1.54, 1.807) is 6.07 Å². The van der Waals surface area contributed by atoms with E-state index in [0.29, 0.717) is 5.56 Å². The van der Waals surface area contributed by atoms with Gasteiger partial charge in [-0.3, -0.25) is 4.79 Å². The van der Waals surface area contributed by atoms with Crippen LogP contribution in [0.2, 0.25) is 0 Å². The first kappa shape index (κ1) is 12.0. The highest BCUT2D eigenvalue weighted by molar-refractivity contribution is 9.10. The third-order valence-corrected chi connectivity index (χ3v) is 3.70. The molecule has 1 aromatic carbocycles. The molecule has 1 aliphatic rings. The van der Waals surface area contributed by atoms with Crippen molar-refractivity contribution >= 4 is 34.5 Å². The molecule has 16 heavy (non-hydrogen) atoms. The number of benzene rings is 1. The standard InChI is InChI=1S/C12H14BrNOS/c13-11-4-3-9(16)7-10(11)12(15)14-6-5-8-1-2-8/h3-4,7-8,16H,1-2,5-6H2,(H,14,15). The van der Waals surface area contributed by atoms with Crippen LogP contribution in [0.25, 0.3) is 0 Å². The van der Waals surface area contributed by atoms with Gasteiger partial charge in [-0.25, -0.2) is 0 Å². The zero-order valence-electron chi connectivity index (χ0n) is 8.87. The van der Waals surface area contributed by atoms with E-state index in [9.17, 15) is 4.79 Å². The summed E-state index contributed by atoms with van der Waals surface area (Å²) in [7, 11) is 0. The lowest BCUT2D eigenvalue weighted by atomic mass is 10.2. The van der Waals surface area contributed by atoms with E-state index in [2.05, 4.69) is 33.9 Å². The molecular weight excluding hydrogens is 286 g/mol. The Morgan fingerprint density at radius 1 is 1.50 bits per heavy atom. The first-order chi connectivity index (χ1) is 7.66. The van der Waals surface area contributed by atoms with E-state index >= 15 is 0 Å². The molecule has 0 heterocycles. The summed E-state index contributed by atoms with van der Waals surface area (Å²) in [6, 6.07) is 5.48. The average Bonchev–Trinajstić information content (AvgIpc) is 3.05. The number of carbonyl (C=O) groups is 1. The van der Waals surface area contributed by atoms with Crippen molar-refractivity contribution in [2.75, 3.05) is 6.54 Å². The van der Waals surface area contributed by atoms with Crippen molar-refractivity contribution in [1.82, 2.24) is 5.32 Å². The van der Waals surface area contributed by atoms with Gasteiger partial charge in [0.15, 0.2) is 0 Å². The second-order valence-corrected chi connectivity index (χ2v) is 5.52. The van der Waals surface area contributed by atoms with Gasteiger partial charge in [0.25, 0.3) is 5.91 Å². The number of hydrogen-bond donors (Lipinski definition) is 2. The fourth-order valence-corrected chi connectivity index (χ4v) is 2.21. The van der Waals surface area contributed by atoms with E-state index in [-0.39, 0.29) is 5.91 Å². The molecule has 0 aliphatic heterocycles. The quantitative estimate of drug-likeness (QED) is 0.821. The molecule has 1 N–H and O–H groups in total. The van der Waals surface area contributed by atoms with Crippen LogP contribution in [-0.4, -0.2) is 12.5 Å². The van der Waals surface area contributed by atoms with E-state index < -0.39 is 0 Å². The number of carbonyl (C=O) groups excluding carboxylic acids is 1. The van der Waals surface area contributed by atoms with Crippen LogP contribution in [0.3, 0.4) is 0 Å². The maximum Gasteiger partial charge on any atom is 0.252 e. The maximum atomic E-state index is 11.8. The van der Waals surface area contributed by atoms with Gasteiger partial charge in [-0.15, -0.1) is 12.6 Å². The Labute approximate surface area is 109 Å². The van der Waals surface area contributed by atoms with Gasteiger partial charge in [0.05, 0.1) is 5.56 Å². The first-order valence-corrected chi connectivity index (χ1v) is 6.67. The zero-order chi connectivity index (χ0) is 11.5. The van der Waals surface area contributed by atoms with Gasteiger partial charge in [-0.05, 0) is 46.5 Å². The zero-order valence-corrected chi connectivity index (χ0v) is 11.4. The smallest absolute Gasteiger partial charge is 0.252 e. The van der Waals surface area contributed by atoms with E-state index in [4.69, 9.17) is 0 Å². The van der Waals surface area contributed by atoms with Crippen molar-refractivity contribution in [3.63, 3.8) is 0 Å². The van der Waals surface area contributed by atoms with Gasteiger partial charge in [-0.1, -0.05) is 12.8 Å². The summed E-state index contributed by atoms with van der Waals surface area (Å²) < 4.78 is 0.814. The number of thiol groups is 1. The Balaban J connectivity index is 1.93. The van der Waals surface area contributed by atoms with Gasteiger partial charge < -0.3 is 5.32 Å². The monoisotopic (exact) mass is 299 g/mol. The highest BCUT2D eigenvalue weighted by atomic mass is 79.9. The minimum absolute atomic E-state index is 0.0246. The van der Waals surface area contributed by atoms with Crippen LogP contribution >= 0.6 is 28.6 Å². The first-order valence-electron chi connectivity index (χ1n) is 5.43. The summed E-state index contributed by atoms with van der Waals surface area (Å²) in [6.07, 6.45) is 3.75. The summed E-state index contributed by atoms with van der Waals surface area (Å²) in [5.74, 6) is 0.823. The predicted molar refractivity (Wildman–Crippen MR) is 71.1 cm³/mol. The molecule has 4 heteroatoms. The van der Waals surface area contributed by atoms with Gasteiger partial charge in [0.2, 0.25) is 0 Å². The van der Waals surface area contributed by atoms with Gasteiger partial charge in [-0.2, -0.15) is 0 Å². The summed E-state index contributed by atoms with van der Waals surface area (Å²) in [5, 5.41) is 2.94. The second-order valence-electron chi connectivity index (χ2n) is 4.15. The van der Waals surface area contributed by atoms with E-state index in [1.165, 1.54) is 12.8 Å². The third-order valence-electron chi connectivity index (χ3n) is 2.73. The van der Waals surface area contributed by atoms with Crippen molar-refractivity contribution in [1.29, 1.82) is 0 Å². The molecule has 0 spiro atoms. The number of nitrogens with one attached hydrogen (secondary N) is 1. The maximum absolute atomic E-state index is 11.8. The highest BCUT2D eigenvalue weighted by Gasteiger charge is 2.20. The molecule has 0 saturated heterocycles. The molecule has 0 bridgehead atoms. The van der Waals surface area contributed by atoms with Gasteiger partial charge >= 0.3 is 0 Å². The summed E-state index contributed by atoms with van der Waals surface area (Å²) in [6.45, 7) is 0.771. The van der Waals surface area contributed by atoms with Crippen LogP contribution in [0, 0.1) is 5.92 Å². The van der Waals surface area contributed by atoms with Crippen LogP contribution in [0.15, 0.2) is 27.6 Å². The number of rotatable bonds is 4. The molecule has 86 valence electrons.